The minimum absolute atomic E-state index is 0.0620. The van der Waals surface area contributed by atoms with Gasteiger partial charge in [-0.1, -0.05) is 31.2 Å². The molecule has 0 spiro atoms. The van der Waals surface area contributed by atoms with Crippen molar-refractivity contribution >= 4 is 22.8 Å². The summed E-state index contributed by atoms with van der Waals surface area (Å²) in [5, 5.41) is 0.451. The molecule has 1 aromatic heterocycles. The predicted molar refractivity (Wildman–Crippen MR) is 134 cm³/mol. The number of hydrogen-bond acceptors (Lipinski definition) is 7. The molecule has 0 radical (unpaired) electrons. The highest BCUT2D eigenvalue weighted by Crippen LogP contribution is 2.34. The first-order chi connectivity index (χ1) is 17.2. The molecule has 192 valence electrons. The van der Waals surface area contributed by atoms with Crippen molar-refractivity contribution in [3.05, 3.63) is 74.9 Å². The van der Waals surface area contributed by atoms with Gasteiger partial charge in [0.1, 0.15) is 12.4 Å². The first kappa shape index (κ1) is 26.7. The van der Waals surface area contributed by atoms with Crippen LogP contribution in [0.2, 0.25) is 0 Å². The number of esters is 1. The van der Waals surface area contributed by atoms with Gasteiger partial charge in [-0.05, 0) is 43.7 Å². The number of ether oxygens (including phenoxy) is 3. The highest BCUT2D eigenvalue weighted by molar-refractivity contribution is 6.06. The van der Waals surface area contributed by atoms with Crippen LogP contribution in [0, 0.1) is 0 Å². The minimum atomic E-state index is -1.97. The summed E-state index contributed by atoms with van der Waals surface area (Å²) in [5.74, 6) is -2.02. The van der Waals surface area contributed by atoms with Gasteiger partial charge in [-0.25, -0.2) is 9.59 Å². The molecular formula is C26H31N3O7. The van der Waals surface area contributed by atoms with Crippen LogP contribution in [0.3, 0.4) is 0 Å². The number of aromatic nitrogens is 2. The van der Waals surface area contributed by atoms with E-state index in [1.807, 2.05) is 0 Å². The Kier molecular flexibility index (Phi) is 8.31. The maximum absolute atomic E-state index is 12.8. The van der Waals surface area contributed by atoms with Crippen LogP contribution >= 0.6 is 0 Å². The first-order valence-electron chi connectivity index (χ1n) is 11.7. The van der Waals surface area contributed by atoms with Gasteiger partial charge in [-0.2, -0.15) is 0 Å². The average molecular weight is 498 g/mol. The monoisotopic (exact) mass is 497 g/mol. The van der Waals surface area contributed by atoms with Crippen molar-refractivity contribution in [2.75, 3.05) is 19.8 Å². The van der Waals surface area contributed by atoms with Gasteiger partial charge in [-0.15, -0.1) is 0 Å². The molecule has 10 heteroatoms. The number of amides is 1. The van der Waals surface area contributed by atoms with E-state index in [0.717, 1.165) is 4.57 Å². The Morgan fingerprint density at radius 1 is 1.03 bits per heavy atom. The second-order valence-corrected chi connectivity index (χ2v) is 8.21. The topological polar surface area (TPSA) is 132 Å². The Morgan fingerprint density at radius 3 is 2.31 bits per heavy atom. The van der Waals surface area contributed by atoms with Gasteiger partial charge in [0.05, 0.1) is 24.1 Å². The van der Waals surface area contributed by atoms with Gasteiger partial charge in [0, 0.05) is 19.6 Å². The second-order valence-electron chi connectivity index (χ2n) is 8.21. The smallest absolute Gasteiger partial charge is 0.349 e. The van der Waals surface area contributed by atoms with E-state index in [2.05, 4.69) is 0 Å². The third-order valence-electron chi connectivity index (χ3n) is 6.15. The molecular weight excluding hydrogens is 466 g/mol. The van der Waals surface area contributed by atoms with Crippen molar-refractivity contribution in [2.24, 2.45) is 12.8 Å². The number of benzene rings is 2. The van der Waals surface area contributed by atoms with E-state index >= 15 is 0 Å². The van der Waals surface area contributed by atoms with Crippen LogP contribution in [-0.4, -0.2) is 46.4 Å². The fourth-order valence-corrected chi connectivity index (χ4v) is 4.21. The lowest BCUT2D eigenvalue weighted by atomic mass is 9.82. The number of rotatable bonds is 11. The molecule has 1 amide bonds. The van der Waals surface area contributed by atoms with Crippen molar-refractivity contribution in [1.82, 2.24) is 9.13 Å². The Morgan fingerprint density at radius 2 is 1.69 bits per heavy atom. The number of hydrogen-bond donors (Lipinski definition) is 1. The van der Waals surface area contributed by atoms with E-state index in [1.165, 1.54) is 4.57 Å². The number of aryl methyl sites for hydroxylation is 1. The highest BCUT2D eigenvalue weighted by Gasteiger charge is 2.52. The number of nitrogens with zero attached hydrogens (tertiary/aromatic N) is 2. The van der Waals surface area contributed by atoms with E-state index in [-0.39, 0.29) is 31.9 Å². The SMILES string of the molecule is CCOC(=O)C(OCC)(C(N)=O)C(C)c1ccc(OCCn2c(=O)c3ccccc3n(C)c2=O)cc1. The zero-order chi connectivity index (χ0) is 26.5. The van der Waals surface area contributed by atoms with Crippen molar-refractivity contribution < 1.29 is 23.8 Å². The predicted octanol–water partition coefficient (Wildman–Crippen LogP) is 1.71. The number of primary amides is 1. The Balaban J connectivity index is 1.77. The fraction of sp³-hybridized carbons (Fsp3) is 0.385. The molecule has 0 fully saturated rings. The molecule has 2 N–H and O–H groups in total. The first-order valence-corrected chi connectivity index (χ1v) is 11.7. The van der Waals surface area contributed by atoms with Crippen molar-refractivity contribution in [3.8, 4) is 5.75 Å². The Labute approximate surface area is 208 Å². The Hall–Kier alpha value is -3.92. The maximum atomic E-state index is 12.8. The molecule has 2 aromatic carbocycles. The third-order valence-corrected chi connectivity index (χ3v) is 6.15. The average Bonchev–Trinajstić information content (AvgIpc) is 2.87. The van der Waals surface area contributed by atoms with Crippen LogP contribution in [0.1, 0.15) is 32.3 Å². The summed E-state index contributed by atoms with van der Waals surface area (Å²) in [7, 11) is 1.62. The summed E-state index contributed by atoms with van der Waals surface area (Å²) >= 11 is 0. The van der Waals surface area contributed by atoms with Gasteiger partial charge in [0.25, 0.3) is 11.5 Å². The minimum Gasteiger partial charge on any atom is -0.492 e. The molecule has 36 heavy (non-hydrogen) atoms. The normalized spacial score (nSPS) is 13.7. The van der Waals surface area contributed by atoms with Crippen molar-refractivity contribution in [3.63, 3.8) is 0 Å². The van der Waals surface area contributed by atoms with Gasteiger partial charge in [-0.3, -0.25) is 18.7 Å². The van der Waals surface area contributed by atoms with E-state index in [4.69, 9.17) is 19.9 Å². The number of fused-ring (bicyclic) bond motifs is 1. The van der Waals surface area contributed by atoms with E-state index < -0.39 is 29.1 Å². The van der Waals surface area contributed by atoms with Crippen LogP contribution in [0.4, 0.5) is 0 Å². The summed E-state index contributed by atoms with van der Waals surface area (Å²) in [5.41, 5.74) is 4.01. The molecule has 2 unspecified atom stereocenters. The molecule has 0 aliphatic carbocycles. The summed E-state index contributed by atoms with van der Waals surface area (Å²) < 4.78 is 19.0. The van der Waals surface area contributed by atoms with Crippen LogP contribution in [0.15, 0.2) is 58.1 Å². The van der Waals surface area contributed by atoms with Crippen LogP contribution in [0.5, 0.6) is 5.75 Å². The van der Waals surface area contributed by atoms with Crippen LogP contribution in [0.25, 0.3) is 10.9 Å². The summed E-state index contributed by atoms with van der Waals surface area (Å²) in [6.45, 7) is 5.25. The van der Waals surface area contributed by atoms with E-state index in [9.17, 15) is 19.2 Å². The van der Waals surface area contributed by atoms with Gasteiger partial charge < -0.3 is 19.9 Å². The molecule has 2 atom stereocenters. The number of carbonyl (C=O) groups excluding carboxylic acids is 2. The molecule has 0 saturated heterocycles. The lowest BCUT2D eigenvalue weighted by molar-refractivity contribution is -0.179. The summed E-state index contributed by atoms with van der Waals surface area (Å²) in [6.07, 6.45) is 0. The van der Waals surface area contributed by atoms with Crippen molar-refractivity contribution in [1.29, 1.82) is 0 Å². The molecule has 1 heterocycles. The second kappa shape index (κ2) is 11.2. The van der Waals surface area contributed by atoms with Gasteiger partial charge >= 0.3 is 11.7 Å². The molecule has 3 aromatic rings. The van der Waals surface area contributed by atoms with Gasteiger partial charge in [0.15, 0.2) is 0 Å². The third kappa shape index (κ3) is 4.90. The lowest BCUT2D eigenvalue weighted by Gasteiger charge is -2.33. The molecule has 3 rings (SSSR count). The number of nitrogens with two attached hydrogens (primary N) is 1. The van der Waals surface area contributed by atoms with Crippen molar-refractivity contribution in [2.45, 2.75) is 38.8 Å². The van der Waals surface area contributed by atoms with Gasteiger partial charge in [0.2, 0.25) is 5.60 Å². The molecule has 10 nitrogen and oxygen atoms in total. The zero-order valence-corrected chi connectivity index (χ0v) is 20.9. The maximum Gasteiger partial charge on any atom is 0.349 e. The van der Waals surface area contributed by atoms with E-state index in [0.29, 0.717) is 22.2 Å². The fourth-order valence-electron chi connectivity index (χ4n) is 4.21. The highest BCUT2D eigenvalue weighted by atomic mass is 16.6. The lowest BCUT2D eigenvalue weighted by Crippen LogP contribution is -2.57. The standard InChI is InChI=1S/C26H31N3O7/c1-5-34-24(32)26(23(27)31,36-6-2)17(3)18-11-13-19(14-12-18)35-16-15-29-22(30)20-9-7-8-10-21(20)28(4)25(29)33/h7-14,17H,5-6,15-16H2,1-4H3,(H2,27,31). The quantitative estimate of drug-likeness (QED) is 0.315. The van der Waals surface area contributed by atoms with Crippen LogP contribution in [-0.2, 0) is 32.7 Å². The largest absolute Gasteiger partial charge is 0.492 e. The molecule has 0 aliphatic rings. The summed E-state index contributed by atoms with van der Waals surface area (Å²) in [4.78, 5) is 50.5. The summed E-state index contributed by atoms with van der Waals surface area (Å²) in [6, 6.07) is 13.6. The van der Waals surface area contributed by atoms with Crippen LogP contribution < -0.4 is 21.7 Å². The number of para-hydroxylation sites is 1. The zero-order valence-electron chi connectivity index (χ0n) is 20.9. The Bertz CT molecular complexity index is 1360. The molecule has 0 saturated carbocycles. The molecule has 0 bridgehead atoms. The van der Waals surface area contributed by atoms with E-state index in [1.54, 1.807) is 76.3 Å². The number of carbonyl (C=O) groups is 2. The molecule has 0 aliphatic heterocycles.